The number of halogens is 6. The van der Waals surface area contributed by atoms with Crippen molar-refractivity contribution in [3.05, 3.63) is 70.8 Å². The molecule has 0 bridgehead atoms. The van der Waals surface area contributed by atoms with E-state index in [0.717, 1.165) is 16.7 Å². The highest BCUT2D eigenvalue weighted by Gasteiger charge is 2.43. The molecule has 15 heteroatoms. The summed E-state index contributed by atoms with van der Waals surface area (Å²) in [6, 6.07) is 13.9. The van der Waals surface area contributed by atoms with Crippen LogP contribution in [0.4, 0.5) is 26.3 Å². The Morgan fingerprint density at radius 2 is 1.58 bits per heavy atom. The molecule has 1 aliphatic rings. The minimum Gasteiger partial charge on any atom is -0.475 e. The second kappa shape index (κ2) is 12.3. The Labute approximate surface area is 239 Å². The minimum absolute atomic E-state index is 0.0239. The number of aryl methyl sites for hydroxylation is 1. The fourth-order valence-electron chi connectivity index (χ4n) is 4.57. The standard InChI is InChI=1S/C26H23F3N4O3.C2HF3O2/c1-33(12-11-20(30)34)14-15-7-9-18-17(13-15)8-10-19-22(18)31-36-25(19)23-21(26(27,28)29)24(35-32-23)16-5-3-2-4-6-16;3-2(4,5)1(6)7/h2-7,9,13H,8,10-12,14H2,1H3,(H2,30,34);(H,6,7). The summed E-state index contributed by atoms with van der Waals surface area (Å²) in [6.45, 7) is 1.18. The van der Waals surface area contributed by atoms with Crippen molar-refractivity contribution in [1.29, 1.82) is 0 Å². The molecule has 0 unspecified atom stereocenters. The van der Waals surface area contributed by atoms with E-state index in [2.05, 4.69) is 16.4 Å². The summed E-state index contributed by atoms with van der Waals surface area (Å²) in [6.07, 6.45) is -8.45. The SMILES string of the molecule is CN(CCC(N)=O)Cc1ccc2c(c1)CCc1c-2noc1-c1noc(-c2ccccc2)c1C(F)(F)F.O=C(O)C(F)(F)F. The molecular formula is C28H24F6N4O5. The zero-order chi connectivity index (χ0) is 31.5. The van der Waals surface area contributed by atoms with Gasteiger partial charge in [0.15, 0.2) is 17.2 Å². The fourth-order valence-corrected chi connectivity index (χ4v) is 4.57. The van der Waals surface area contributed by atoms with E-state index in [1.165, 1.54) is 12.1 Å². The fraction of sp³-hybridized carbons (Fsp3) is 0.286. The molecule has 43 heavy (non-hydrogen) atoms. The first-order valence-electron chi connectivity index (χ1n) is 12.7. The highest BCUT2D eigenvalue weighted by atomic mass is 19.4. The predicted octanol–water partition coefficient (Wildman–Crippen LogP) is 5.72. The summed E-state index contributed by atoms with van der Waals surface area (Å²) in [4.78, 5) is 21.9. The Balaban J connectivity index is 0.000000541. The molecule has 0 saturated carbocycles. The van der Waals surface area contributed by atoms with Gasteiger partial charge in [0.1, 0.15) is 11.3 Å². The van der Waals surface area contributed by atoms with Crippen molar-refractivity contribution in [2.75, 3.05) is 13.6 Å². The van der Waals surface area contributed by atoms with Crippen LogP contribution in [0.2, 0.25) is 0 Å². The van der Waals surface area contributed by atoms with E-state index in [1.807, 2.05) is 24.1 Å². The molecule has 0 aliphatic heterocycles. The lowest BCUT2D eigenvalue weighted by atomic mass is 9.87. The van der Waals surface area contributed by atoms with Gasteiger partial charge in [0, 0.05) is 36.2 Å². The van der Waals surface area contributed by atoms with Gasteiger partial charge >= 0.3 is 18.3 Å². The molecule has 1 amide bonds. The van der Waals surface area contributed by atoms with Gasteiger partial charge < -0.3 is 24.8 Å². The Hall–Kier alpha value is -4.66. The molecule has 2 heterocycles. The molecule has 0 spiro atoms. The number of carboxylic acids is 1. The molecule has 0 atom stereocenters. The molecule has 0 saturated heterocycles. The summed E-state index contributed by atoms with van der Waals surface area (Å²) >= 11 is 0. The molecule has 1 aliphatic carbocycles. The quantitative estimate of drug-likeness (QED) is 0.254. The van der Waals surface area contributed by atoms with Crippen LogP contribution in [0, 0.1) is 0 Å². The van der Waals surface area contributed by atoms with E-state index >= 15 is 0 Å². The van der Waals surface area contributed by atoms with Crippen molar-refractivity contribution >= 4 is 11.9 Å². The number of fused-ring (bicyclic) bond motifs is 3. The highest BCUT2D eigenvalue weighted by Crippen LogP contribution is 2.46. The summed E-state index contributed by atoms with van der Waals surface area (Å²) in [5.41, 5.74) is 8.11. The van der Waals surface area contributed by atoms with Gasteiger partial charge in [-0.1, -0.05) is 58.8 Å². The van der Waals surface area contributed by atoms with Crippen LogP contribution >= 0.6 is 0 Å². The predicted molar refractivity (Wildman–Crippen MR) is 139 cm³/mol. The second-order valence-corrected chi connectivity index (χ2v) is 9.69. The van der Waals surface area contributed by atoms with Crippen molar-refractivity contribution in [3.8, 4) is 34.0 Å². The van der Waals surface area contributed by atoms with E-state index in [9.17, 15) is 31.1 Å². The first-order valence-corrected chi connectivity index (χ1v) is 12.7. The number of carboxylic acid groups (broad SMARTS) is 1. The maximum Gasteiger partial charge on any atom is 0.490 e. The zero-order valence-electron chi connectivity index (χ0n) is 22.4. The lowest BCUT2D eigenvalue weighted by molar-refractivity contribution is -0.192. The number of hydrogen-bond acceptors (Lipinski definition) is 7. The largest absolute Gasteiger partial charge is 0.490 e. The molecule has 3 N–H and O–H groups in total. The topological polar surface area (TPSA) is 136 Å². The third-order valence-electron chi connectivity index (χ3n) is 6.52. The molecule has 4 aromatic rings. The van der Waals surface area contributed by atoms with Crippen LogP contribution in [-0.2, 0) is 35.2 Å². The number of rotatable bonds is 7. The van der Waals surface area contributed by atoms with Gasteiger partial charge in [0.05, 0.1) is 0 Å². The average molecular weight is 611 g/mol. The Bertz CT molecular complexity index is 1610. The van der Waals surface area contributed by atoms with E-state index in [1.54, 1.807) is 18.2 Å². The van der Waals surface area contributed by atoms with Crippen molar-refractivity contribution in [3.63, 3.8) is 0 Å². The maximum atomic E-state index is 14.1. The average Bonchev–Trinajstić information content (AvgIpc) is 3.57. The second-order valence-electron chi connectivity index (χ2n) is 9.69. The van der Waals surface area contributed by atoms with Gasteiger partial charge in [-0.2, -0.15) is 26.3 Å². The van der Waals surface area contributed by atoms with Crippen LogP contribution in [0.1, 0.15) is 28.7 Å². The molecular weight excluding hydrogens is 586 g/mol. The van der Waals surface area contributed by atoms with Gasteiger partial charge in [-0.3, -0.25) is 4.79 Å². The van der Waals surface area contributed by atoms with Crippen molar-refractivity contribution < 1.29 is 50.1 Å². The number of carbonyl (C=O) groups is 2. The van der Waals surface area contributed by atoms with E-state index < -0.39 is 29.6 Å². The van der Waals surface area contributed by atoms with Gasteiger partial charge in [-0.05, 0) is 31.0 Å². The van der Waals surface area contributed by atoms with Gasteiger partial charge in [-0.25, -0.2) is 4.79 Å². The number of nitrogens with two attached hydrogens (primary N) is 1. The normalized spacial score (nSPS) is 12.7. The Morgan fingerprint density at radius 1 is 0.953 bits per heavy atom. The number of aromatic nitrogens is 2. The van der Waals surface area contributed by atoms with Crippen molar-refractivity contribution in [1.82, 2.24) is 15.2 Å². The summed E-state index contributed by atoms with van der Waals surface area (Å²) < 4.78 is 84.8. The van der Waals surface area contributed by atoms with Gasteiger partial charge in [-0.15, -0.1) is 0 Å². The molecule has 228 valence electrons. The monoisotopic (exact) mass is 610 g/mol. The zero-order valence-corrected chi connectivity index (χ0v) is 22.4. The number of nitrogens with zero attached hydrogens (tertiary/aromatic N) is 3. The molecule has 2 aromatic heterocycles. The number of primary amides is 1. The van der Waals surface area contributed by atoms with Crippen molar-refractivity contribution in [2.24, 2.45) is 5.73 Å². The Morgan fingerprint density at radius 3 is 2.19 bits per heavy atom. The summed E-state index contributed by atoms with van der Waals surface area (Å²) in [5.74, 6) is -3.49. The molecule has 9 nitrogen and oxygen atoms in total. The van der Waals surface area contributed by atoms with Crippen LogP contribution < -0.4 is 5.73 Å². The van der Waals surface area contributed by atoms with Crippen LogP contribution in [0.3, 0.4) is 0 Å². The lowest BCUT2D eigenvalue weighted by Gasteiger charge is -2.19. The van der Waals surface area contributed by atoms with E-state index in [4.69, 9.17) is 24.7 Å². The first kappa shape index (κ1) is 31.3. The van der Waals surface area contributed by atoms with E-state index in [0.29, 0.717) is 37.2 Å². The molecule has 0 fully saturated rings. The van der Waals surface area contributed by atoms with Crippen LogP contribution in [0.25, 0.3) is 34.0 Å². The Kier molecular flexibility index (Phi) is 8.94. The molecule has 5 rings (SSSR count). The maximum absolute atomic E-state index is 14.1. The van der Waals surface area contributed by atoms with Crippen LogP contribution in [0.5, 0.6) is 0 Å². The third kappa shape index (κ3) is 7.23. The highest BCUT2D eigenvalue weighted by molar-refractivity contribution is 5.79. The number of carbonyl (C=O) groups excluding carboxylic acids is 1. The van der Waals surface area contributed by atoms with Crippen LogP contribution in [-0.4, -0.2) is 52.0 Å². The minimum atomic E-state index is -5.08. The number of hydrogen-bond donors (Lipinski definition) is 2. The first-order chi connectivity index (χ1) is 20.2. The van der Waals surface area contributed by atoms with Crippen molar-refractivity contribution in [2.45, 2.75) is 38.2 Å². The number of aliphatic carboxylic acids is 1. The molecule has 2 aromatic carbocycles. The number of amides is 1. The lowest BCUT2D eigenvalue weighted by Crippen LogP contribution is -2.24. The molecule has 0 radical (unpaired) electrons. The van der Waals surface area contributed by atoms with E-state index in [-0.39, 0.29) is 29.4 Å². The van der Waals surface area contributed by atoms with Gasteiger partial charge in [0.25, 0.3) is 0 Å². The van der Waals surface area contributed by atoms with Crippen LogP contribution in [0.15, 0.2) is 57.6 Å². The van der Waals surface area contributed by atoms with Gasteiger partial charge in [0.2, 0.25) is 5.91 Å². The number of alkyl halides is 6. The summed E-state index contributed by atoms with van der Waals surface area (Å²) in [7, 11) is 1.91. The smallest absolute Gasteiger partial charge is 0.475 e. The summed E-state index contributed by atoms with van der Waals surface area (Å²) in [5, 5.41) is 15.0. The third-order valence-corrected chi connectivity index (χ3v) is 6.52. The number of benzene rings is 2.